The smallest absolute Gasteiger partial charge is 0.0643 e. The molecule has 0 heterocycles. The maximum absolute atomic E-state index is 5.14. The zero-order valence-corrected chi connectivity index (χ0v) is 22.9. The summed E-state index contributed by atoms with van der Waals surface area (Å²) in [6.07, 6.45) is 9.89. The fraction of sp³-hybridized carbons (Fsp3) is 0.103. The third-order valence-corrected chi connectivity index (χ3v) is 7.59. The lowest BCUT2D eigenvalue weighted by molar-refractivity contribution is 0.854. The van der Waals surface area contributed by atoms with Crippen molar-refractivity contribution >= 4 is 5.71 Å². The molecule has 194 valence electrons. The van der Waals surface area contributed by atoms with Crippen molar-refractivity contribution in [2.24, 2.45) is 4.99 Å². The van der Waals surface area contributed by atoms with E-state index in [0.717, 1.165) is 12.1 Å². The molecule has 0 aliphatic heterocycles. The highest BCUT2D eigenvalue weighted by Gasteiger charge is 2.13. The monoisotopic (exact) mass is 515 g/mol. The molecule has 0 N–H and O–H groups in total. The lowest BCUT2D eigenvalue weighted by Gasteiger charge is -2.17. The third kappa shape index (κ3) is 5.95. The fourth-order valence-electron chi connectivity index (χ4n) is 5.38. The molecule has 1 unspecified atom stereocenters. The van der Waals surface area contributed by atoms with Gasteiger partial charge in [0.1, 0.15) is 0 Å². The normalized spacial score (nSPS) is 14.8. The first-order valence-electron chi connectivity index (χ1n) is 14.0. The van der Waals surface area contributed by atoms with Gasteiger partial charge in [0.15, 0.2) is 0 Å². The number of aliphatic imine (C=N–C) groups is 1. The van der Waals surface area contributed by atoms with Gasteiger partial charge in [-0.3, -0.25) is 4.99 Å². The Balaban J connectivity index is 1.37. The highest BCUT2D eigenvalue weighted by Crippen LogP contribution is 2.32. The van der Waals surface area contributed by atoms with Crippen LogP contribution in [0.2, 0.25) is 0 Å². The summed E-state index contributed by atoms with van der Waals surface area (Å²) in [6, 6.07) is 45.7. The Morgan fingerprint density at radius 1 is 0.600 bits per heavy atom. The lowest BCUT2D eigenvalue weighted by Crippen LogP contribution is -2.02. The van der Waals surface area contributed by atoms with Crippen LogP contribution in [0.4, 0.5) is 0 Å². The van der Waals surface area contributed by atoms with Crippen molar-refractivity contribution in [1.29, 1.82) is 0 Å². The van der Waals surface area contributed by atoms with E-state index >= 15 is 0 Å². The second-order valence-corrected chi connectivity index (χ2v) is 10.4. The first kappa shape index (κ1) is 25.5. The topological polar surface area (TPSA) is 12.4 Å². The quantitative estimate of drug-likeness (QED) is 0.191. The van der Waals surface area contributed by atoms with Crippen LogP contribution in [-0.2, 0) is 6.54 Å². The number of hydrogen-bond acceptors (Lipinski definition) is 1. The Kier molecular flexibility index (Phi) is 7.64. The van der Waals surface area contributed by atoms with Crippen molar-refractivity contribution in [1.82, 2.24) is 0 Å². The van der Waals surface area contributed by atoms with Gasteiger partial charge in [-0.2, -0.15) is 0 Å². The SMILES string of the molecule is C/C(=N\Cc1cc(-c2ccccc2)cc(-c2ccccc2)c1)c1cc(-c2ccccc2)cc(C2C=CC=CC2)c1. The van der Waals surface area contributed by atoms with Gasteiger partial charge in [-0.25, -0.2) is 0 Å². The van der Waals surface area contributed by atoms with Crippen LogP contribution in [0.5, 0.6) is 0 Å². The summed E-state index contributed by atoms with van der Waals surface area (Å²) < 4.78 is 0. The van der Waals surface area contributed by atoms with Gasteiger partial charge in [-0.05, 0) is 93.7 Å². The minimum Gasteiger partial charge on any atom is -0.285 e. The summed E-state index contributed by atoms with van der Waals surface area (Å²) in [5.74, 6) is 0.385. The van der Waals surface area contributed by atoms with Crippen molar-refractivity contribution in [2.45, 2.75) is 25.8 Å². The molecule has 5 aromatic rings. The molecule has 0 saturated heterocycles. The van der Waals surface area contributed by atoms with Crippen LogP contribution in [-0.4, -0.2) is 5.71 Å². The van der Waals surface area contributed by atoms with Crippen LogP contribution in [0.15, 0.2) is 157 Å². The molecule has 0 saturated carbocycles. The van der Waals surface area contributed by atoms with Crippen molar-refractivity contribution < 1.29 is 0 Å². The second-order valence-electron chi connectivity index (χ2n) is 10.4. The van der Waals surface area contributed by atoms with E-state index in [1.54, 1.807) is 0 Å². The molecule has 6 rings (SSSR count). The predicted octanol–water partition coefficient (Wildman–Crippen LogP) is 10.3. The molecule has 0 spiro atoms. The van der Waals surface area contributed by atoms with Gasteiger partial charge >= 0.3 is 0 Å². The molecule has 0 radical (unpaired) electrons. The van der Waals surface area contributed by atoms with E-state index in [0.29, 0.717) is 12.5 Å². The zero-order chi connectivity index (χ0) is 27.1. The van der Waals surface area contributed by atoms with Crippen LogP contribution >= 0.6 is 0 Å². The summed E-state index contributed by atoms with van der Waals surface area (Å²) in [5.41, 5.74) is 12.1. The van der Waals surface area contributed by atoms with Crippen LogP contribution in [0, 0.1) is 0 Å². The van der Waals surface area contributed by atoms with Gasteiger partial charge in [-0.1, -0.05) is 121 Å². The molecular weight excluding hydrogens is 482 g/mol. The van der Waals surface area contributed by atoms with Gasteiger partial charge in [-0.15, -0.1) is 0 Å². The molecule has 0 amide bonds. The van der Waals surface area contributed by atoms with Crippen molar-refractivity contribution in [3.63, 3.8) is 0 Å². The van der Waals surface area contributed by atoms with Crippen molar-refractivity contribution in [3.05, 3.63) is 168 Å². The second kappa shape index (κ2) is 12.0. The largest absolute Gasteiger partial charge is 0.285 e. The molecular formula is C39H33N. The maximum Gasteiger partial charge on any atom is 0.0643 e. The van der Waals surface area contributed by atoms with E-state index in [2.05, 4.69) is 159 Å². The van der Waals surface area contributed by atoms with E-state index in [4.69, 9.17) is 4.99 Å². The molecule has 40 heavy (non-hydrogen) atoms. The lowest BCUT2D eigenvalue weighted by atomic mass is 9.88. The van der Waals surface area contributed by atoms with Crippen molar-refractivity contribution in [3.8, 4) is 33.4 Å². The minimum atomic E-state index is 0.385. The first-order chi connectivity index (χ1) is 19.7. The number of allylic oxidation sites excluding steroid dienone is 4. The number of benzene rings is 5. The summed E-state index contributed by atoms with van der Waals surface area (Å²) in [4.78, 5) is 5.14. The summed E-state index contributed by atoms with van der Waals surface area (Å²) in [5, 5.41) is 0. The van der Waals surface area contributed by atoms with E-state index in [9.17, 15) is 0 Å². The Morgan fingerprint density at radius 2 is 1.15 bits per heavy atom. The van der Waals surface area contributed by atoms with Crippen LogP contribution in [0.1, 0.15) is 36.0 Å². The van der Waals surface area contributed by atoms with Crippen LogP contribution in [0.25, 0.3) is 33.4 Å². The average Bonchev–Trinajstić information content (AvgIpc) is 3.05. The highest BCUT2D eigenvalue weighted by molar-refractivity contribution is 6.00. The van der Waals surface area contributed by atoms with E-state index in [-0.39, 0.29) is 0 Å². The summed E-state index contributed by atoms with van der Waals surface area (Å²) in [6.45, 7) is 2.77. The van der Waals surface area contributed by atoms with Gasteiger partial charge in [0, 0.05) is 11.6 Å². The zero-order valence-electron chi connectivity index (χ0n) is 22.9. The predicted molar refractivity (Wildman–Crippen MR) is 171 cm³/mol. The van der Waals surface area contributed by atoms with E-state index < -0.39 is 0 Å². The van der Waals surface area contributed by atoms with Crippen LogP contribution < -0.4 is 0 Å². The number of rotatable bonds is 7. The molecule has 1 nitrogen and oxygen atoms in total. The standard InChI is InChI=1S/C39H33N/c1-29(35-24-38(33-18-10-4-11-19-33)27-39(25-35)34-20-12-5-13-21-34)40-28-30-22-36(31-14-6-2-7-15-31)26-37(23-30)32-16-8-3-9-17-32/h2-20,22-27,34H,21,28H2,1H3/b40-29+. The first-order valence-corrected chi connectivity index (χ1v) is 14.0. The van der Waals surface area contributed by atoms with Gasteiger partial charge in [0.05, 0.1) is 6.54 Å². The number of nitrogens with zero attached hydrogens (tertiary/aromatic N) is 1. The van der Waals surface area contributed by atoms with E-state index in [1.807, 2.05) is 0 Å². The molecule has 1 heteroatoms. The van der Waals surface area contributed by atoms with E-state index in [1.165, 1.54) is 50.1 Å². The Hall–Kier alpha value is -4.75. The molecule has 0 aromatic heterocycles. The molecule has 0 bridgehead atoms. The third-order valence-electron chi connectivity index (χ3n) is 7.59. The van der Waals surface area contributed by atoms with Crippen LogP contribution in [0.3, 0.4) is 0 Å². The average molecular weight is 516 g/mol. The van der Waals surface area contributed by atoms with Gasteiger partial charge in [0.2, 0.25) is 0 Å². The molecule has 0 fully saturated rings. The Morgan fingerprint density at radius 3 is 1.68 bits per heavy atom. The Labute approximate surface area is 237 Å². The highest BCUT2D eigenvalue weighted by atomic mass is 14.7. The summed E-state index contributed by atoms with van der Waals surface area (Å²) in [7, 11) is 0. The van der Waals surface area contributed by atoms with Crippen molar-refractivity contribution in [2.75, 3.05) is 0 Å². The maximum atomic E-state index is 5.14. The Bertz CT molecular complexity index is 1620. The molecule has 5 aromatic carbocycles. The minimum absolute atomic E-state index is 0.385. The molecule has 1 aliphatic carbocycles. The molecule has 1 aliphatic rings. The number of hydrogen-bond donors (Lipinski definition) is 0. The van der Waals surface area contributed by atoms with Gasteiger partial charge < -0.3 is 0 Å². The molecule has 1 atom stereocenters. The van der Waals surface area contributed by atoms with Gasteiger partial charge in [0.25, 0.3) is 0 Å². The fourth-order valence-corrected chi connectivity index (χ4v) is 5.38. The summed E-state index contributed by atoms with van der Waals surface area (Å²) >= 11 is 0.